The maximum Gasteiger partial charge on any atom is 0.252 e. The molecule has 0 saturated carbocycles. The topological polar surface area (TPSA) is 81.4 Å². The van der Waals surface area contributed by atoms with Crippen molar-refractivity contribution in [3.05, 3.63) is 66.9 Å². The summed E-state index contributed by atoms with van der Waals surface area (Å²) < 4.78 is 7.00. The molecule has 0 unspecified atom stereocenters. The Morgan fingerprint density at radius 1 is 1.07 bits per heavy atom. The van der Waals surface area contributed by atoms with E-state index in [-0.39, 0.29) is 5.91 Å². The van der Waals surface area contributed by atoms with Crippen LogP contribution in [-0.2, 0) is 0 Å². The molecule has 0 atom stereocenters. The van der Waals surface area contributed by atoms with Gasteiger partial charge in [-0.25, -0.2) is 9.50 Å². The van der Waals surface area contributed by atoms with Gasteiger partial charge >= 0.3 is 0 Å². The Bertz CT molecular complexity index is 1140. The van der Waals surface area contributed by atoms with Gasteiger partial charge in [-0.3, -0.25) is 9.78 Å². The third kappa shape index (κ3) is 3.10. The molecular weight excluding hydrogens is 342 g/mol. The van der Waals surface area contributed by atoms with Gasteiger partial charge in [-0.05, 0) is 23.8 Å². The number of aromatic nitrogens is 4. The van der Waals surface area contributed by atoms with Crippen molar-refractivity contribution in [1.29, 1.82) is 0 Å². The van der Waals surface area contributed by atoms with Crippen LogP contribution < -0.4 is 10.1 Å². The number of carbonyl (C=O) groups excluding carboxylic acids is 1. The first kappa shape index (κ1) is 16.7. The Balaban J connectivity index is 1.76. The average Bonchev–Trinajstić information content (AvgIpc) is 3.16. The normalized spacial score (nSPS) is 10.7. The molecule has 27 heavy (non-hydrogen) atoms. The molecule has 0 aliphatic rings. The van der Waals surface area contributed by atoms with Gasteiger partial charge in [-0.2, -0.15) is 5.10 Å². The zero-order valence-corrected chi connectivity index (χ0v) is 14.9. The molecule has 0 aliphatic heterocycles. The molecule has 1 aromatic carbocycles. The van der Waals surface area contributed by atoms with Crippen LogP contribution in [-0.4, -0.2) is 39.6 Å². The molecule has 1 N–H and O–H groups in total. The number of rotatable bonds is 4. The van der Waals surface area contributed by atoms with Crippen molar-refractivity contribution in [3.8, 4) is 28.0 Å². The molecule has 4 rings (SSSR count). The molecule has 0 radical (unpaired) electrons. The van der Waals surface area contributed by atoms with Crippen molar-refractivity contribution in [2.45, 2.75) is 0 Å². The van der Waals surface area contributed by atoms with Crippen LogP contribution in [0.1, 0.15) is 10.4 Å². The molecule has 0 spiro atoms. The number of hydrogen-bond donors (Lipinski definition) is 1. The van der Waals surface area contributed by atoms with E-state index in [1.54, 1.807) is 43.3 Å². The molecule has 7 heteroatoms. The van der Waals surface area contributed by atoms with Crippen LogP contribution in [0.25, 0.3) is 27.9 Å². The number of nitrogens with one attached hydrogen (secondary N) is 1. The minimum atomic E-state index is -0.186. The standard InChI is InChI=1S/C20H17N5O2/c1-21-20(26)15-6-14(8-22-9-15)18-11-24-25-12-16(10-23-19(18)25)13-4-3-5-17(7-13)27-2/h3-12H,1-2H3,(H,21,26). The highest BCUT2D eigenvalue weighted by Crippen LogP contribution is 2.27. The SMILES string of the molecule is CNC(=O)c1cncc(-c2cnn3cc(-c4cccc(OC)c4)cnc23)c1. The smallest absolute Gasteiger partial charge is 0.252 e. The number of pyridine rings is 1. The lowest BCUT2D eigenvalue weighted by molar-refractivity contribution is 0.0963. The summed E-state index contributed by atoms with van der Waals surface area (Å²) in [5.74, 6) is 0.597. The Morgan fingerprint density at radius 3 is 2.78 bits per heavy atom. The van der Waals surface area contributed by atoms with E-state index < -0.39 is 0 Å². The van der Waals surface area contributed by atoms with Gasteiger partial charge in [0.05, 0.1) is 18.9 Å². The maximum atomic E-state index is 11.9. The van der Waals surface area contributed by atoms with Crippen LogP contribution in [0, 0.1) is 0 Å². The first-order chi connectivity index (χ1) is 13.2. The van der Waals surface area contributed by atoms with Crippen molar-refractivity contribution >= 4 is 11.6 Å². The summed E-state index contributed by atoms with van der Waals surface area (Å²) in [4.78, 5) is 20.6. The highest BCUT2D eigenvalue weighted by Gasteiger charge is 2.12. The molecule has 1 amide bonds. The third-order valence-corrected chi connectivity index (χ3v) is 4.30. The summed E-state index contributed by atoms with van der Waals surface area (Å²) in [6.45, 7) is 0. The van der Waals surface area contributed by atoms with Crippen molar-refractivity contribution in [2.24, 2.45) is 0 Å². The number of methoxy groups -OCH3 is 1. The van der Waals surface area contributed by atoms with E-state index in [4.69, 9.17) is 4.74 Å². The molecule has 0 fully saturated rings. The van der Waals surface area contributed by atoms with Gasteiger partial charge in [0.2, 0.25) is 0 Å². The monoisotopic (exact) mass is 359 g/mol. The van der Waals surface area contributed by atoms with E-state index in [2.05, 4.69) is 20.4 Å². The van der Waals surface area contributed by atoms with E-state index >= 15 is 0 Å². The second-order valence-corrected chi connectivity index (χ2v) is 5.94. The van der Waals surface area contributed by atoms with Crippen molar-refractivity contribution in [1.82, 2.24) is 24.9 Å². The molecule has 0 bridgehead atoms. The molecule has 3 aromatic heterocycles. The predicted molar refractivity (Wildman–Crippen MR) is 102 cm³/mol. The molecular formula is C20H17N5O2. The number of amides is 1. The fourth-order valence-corrected chi connectivity index (χ4v) is 2.89. The Kier molecular flexibility index (Phi) is 4.25. The van der Waals surface area contributed by atoms with Crippen molar-refractivity contribution < 1.29 is 9.53 Å². The predicted octanol–water partition coefficient (Wildman–Crippen LogP) is 2.83. The average molecular weight is 359 g/mol. The van der Waals surface area contributed by atoms with Crippen LogP contribution in [0.2, 0.25) is 0 Å². The van der Waals surface area contributed by atoms with Crippen molar-refractivity contribution in [3.63, 3.8) is 0 Å². The Hall–Kier alpha value is -3.74. The third-order valence-electron chi connectivity index (χ3n) is 4.30. The lowest BCUT2D eigenvalue weighted by Crippen LogP contribution is -2.17. The number of fused-ring (bicyclic) bond motifs is 1. The van der Waals surface area contributed by atoms with E-state index in [1.807, 2.05) is 30.5 Å². The second kappa shape index (κ2) is 6.87. The molecule has 0 saturated heterocycles. The summed E-state index contributed by atoms with van der Waals surface area (Å²) in [5, 5.41) is 7.01. The van der Waals surface area contributed by atoms with Gasteiger partial charge in [0.25, 0.3) is 5.91 Å². The molecule has 134 valence electrons. The van der Waals surface area contributed by atoms with Gasteiger partial charge in [-0.1, -0.05) is 12.1 Å². The quantitative estimate of drug-likeness (QED) is 0.606. The maximum absolute atomic E-state index is 11.9. The zero-order chi connectivity index (χ0) is 18.8. The van der Waals surface area contributed by atoms with Crippen LogP contribution in [0.4, 0.5) is 0 Å². The summed E-state index contributed by atoms with van der Waals surface area (Å²) in [6.07, 6.45) is 8.66. The zero-order valence-electron chi connectivity index (χ0n) is 14.9. The fourth-order valence-electron chi connectivity index (χ4n) is 2.89. The van der Waals surface area contributed by atoms with E-state index in [0.717, 1.165) is 28.0 Å². The van der Waals surface area contributed by atoms with Crippen LogP contribution in [0.5, 0.6) is 5.75 Å². The van der Waals surface area contributed by atoms with Gasteiger partial charge in [0, 0.05) is 48.5 Å². The lowest BCUT2D eigenvalue weighted by atomic mass is 10.1. The summed E-state index contributed by atoms with van der Waals surface area (Å²) >= 11 is 0. The molecule has 7 nitrogen and oxygen atoms in total. The molecule has 3 heterocycles. The fraction of sp³-hybridized carbons (Fsp3) is 0.100. The van der Waals surface area contributed by atoms with E-state index in [0.29, 0.717) is 11.2 Å². The molecule has 4 aromatic rings. The van der Waals surface area contributed by atoms with Gasteiger partial charge < -0.3 is 10.1 Å². The van der Waals surface area contributed by atoms with E-state index in [9.17, 15) is 4.79 Å². The highest BCUT2D eigenvalue weighted by molar-refractivity contribution is 5.95. The second-order valence-electron chi connectivity index (χ2n) is 5.94. The number of hydrogen-bond acceptors (Lipinski definition) is 5. The highest BCUT2D eigenvalue weighted by atomic mass is 16.5. The van der Waals surface area contributed by atoms with E-state index in [1.165, 1.54) is 6.20 Å². The van der Waals surface area contributed by atoms with Gasteiger partial charge in [0.15, 0.2) is 5.65 Å². The van der Waals surface area contributed by atoms with Crippen LogP contribution >= 0.6 is 0 Å². The first-order valence-electron chi connectivity index (χ1n) is 8.35. The van der Waals surface area contributed by atoms with Crippen molar-refractivity contribution in [2.75, 3.05) is 14.2 Å². The van der Waals surface area contributed by atoms with Gasteiger partial charge in [-0.15, -0.1) is 0 Å². The lowest BCUT2D eigenvalue weighted by Gasteiger charge is -2.06. The number of nitrogens with zero attached hydrogens (tertiary/aromatic N) is 4. The molecule has 0 aliphatic carbocycles. The minimum Gasteiger partial charge on any atom is -0.497 e. The summed E-state index contributed by atoms with van der Waals surface area (Å²) in [7, 11) is 3.23. The van der Waals surface area contributed by atoms with Gasteiger partial charge in [0.1, 0.15) is 5.75 Å². The number of ether oxygens (including phenoxy) is 1. The first-order valence-corrected chi connectivity index (χ1v) is 8.35. The summed E-state index contributed by atoms with van der Waals surface area (Å²) in [6, 6.07) is 9.55. The largest absolute Gasteiger partial charge is 0.497 e. The number of carbonyl (C=O) groups is 1. The van der Waals surface area contributed by atoms with Crippen LogP contribution in [0.3, 0.4) is 0 Å². The minimum absolute atomic E-state index is 0.186. The number of benzene rings is 1. The Morgan fingerprint density at radius 2 is 1.96 bits per heavy atom. The van der Waals surface area contributed by atoms with Crippen LogP contribution in [0.15, 0.2) is 61.3 Å². The Labute approximate surface area is 155 Å². The summed E-state index contributed by atoms with van der Waals surface area (Å²) in [5.41, 5.74) is 4.69.